The van der Waals surface area contributed by atoms with Gasteiger partial charge in [0.1, 0.15) is 0 Å². The lowest BCUT2D eigenvalue weighted by atomic mass is 10.2. The Morgan fingerprint density at radius 2 is 2.27 bits per heavy atom. The molecule has 15 heavy (non-hydrogen) atoms. The molecule has 0 saturated heterocycles. The summed E-state index contributed by atoms with van der Waals surface area (Å²) in [5.74, 6) is 0.658. The largest absolute Gasteiger partial charge is 0.349 e. The molecule has 2 rings (SSSR count). The lowest BCUT2D eigenvalue weighted by molar-refractivity contribution is 0.0948. The Morgan fingerprint density at radius 3 is 2.87 bits per heavy atom. The third-order valence-corrected chi connectivity index (χ3v) is 3.96. The van der Waals surface area contributed by atoms with Gasteiger partial charge in [0, 0.05) is 14.1 Å². The molecule has 1 saturated carbocycles. The van der Waals surface area contributed by atoms with Crippen LogP contribution in [0.1, 0.15) is 23.7 Å². The number of hydrogen-bond donors (Lipinski definition) is 1. The van der Waals surface area contributed by atoms with Crippen LogP contribution in [0, 0.1) is 9.49 Å². The molecule has 1 aromatic carbocycles. The zero-order valence-electron chi connectivity index (χ0n) is 8.26. The van der Waals surface area contributed by atoms with Crippen molar-refractivity contribution < 1.29 is 4.79 Å². The van der Waals surface area contributed by atoms with Gasteiger partial charge in [0.25, 0.3) is 5.91 Å². The maximum absolute atomic E-state index is 11.9. The summed E-state index contributed by atoms with van der Waals surface area (Å²) in [6.07, 6.45) is 1.10. The van der Waals surface area contributed by atoms with Crippen LogP contribution in [0.25, 0.3) is 0 Å². The minimum Gasteiger partial charge on any atom is -0.349 e. The van der Waals surface area contributed by atoms with Crippen LogP contribution in [0.5, 0.6) is 0 Å². The Bertz CT molecular complexity index is 408. The summed E-state index contributed by atoms with van der Waals surface area (Å²) in [4.78, 5) is 11.9. The number of rotatable bonds is 2. The molecular weight excluding hydrogens is 369 g/mol. The van der Waals surface area contributed by atoms with E-state index in [4.69, 9.17) is 0 Å². The summed E-state index contributed by atoms with van der Waals surface area (Å²) in [7, 11) is 0. The van der Waals surface area contributed by atoms with E-state index in [-0.39, 0.29) is 5.91 Å². The topological polar surface area (TPSA) is 29.1 Å². The Balaban J connectivity index is 2.14. The van der Waals surface area contributed by atoms with E-state index in [0.717, 1.165) is 20.0 Å². The van der Waals surface area contributed by atoms with Crippen LogP contribution in [0.15, 0.2) is 22.7 Å². The maximum atomic E-state index is 11.9. The predicted octanol–water partition coefficient (Wildman–Crippen LogP) is 3.19. The molecule has 80 valence electrons. The number of carbonyl (C=O) groups excluding carboxylic acids is 1. The van der Waals surface area contributed by atoms with Crippen LogP contribution in [-0.4, -0.2) is 11.9 Å². The van der Waals surface area contributed by atoms with E-state index in [1.807, 2.05) is 18.2 Å². The van der Waals surface area contributed by atoms with Gasteiger partial charge in [-0.15, -0.1) is 0 Å². The van der Waals surface area contributed by atoms with Gasteiger partial charge >= 0.3 is 0 Å². The molecule has 2 atom stereocenters. The normalized spacial score (nSPS) is 23.7. The smallest absolute Gasteiger partial charge is 0.252 e. The van der Waals surface area contributed by atoms with Crippen molar-refractivity contribution in [3.63, 3.8) is 0 Å². The maximum Gasteiger partial charge on any atom is 0.252 e. The minimum atomic E-state index is 0.0229. The fourth-order valence-electron chi connectivity index (χ4n) is 1.44. The zero-order chi connectivity index (χ0) is 11.0. The first kappa shape index (κ1) is 11.4. The zero-order valence-corrected chi connectivity index (χ0v) is 12.0. The molecule has 2 nitrogen and oxygen atoms in total. The van der Waals surface area contributed by atoms with E-state index in [1.165, 1.54) is 0 Å². The van der Waals surface area contributed by atoms with Crippen LogP contribution >= 0.6 is 38.5 Å². The van der Waals surface area contributed by atoms with Crippen molar-refractivity contribution >= 4 is 44.4 Å². The van der Waals surface area contributed by atoms with E-state index < -0.39 is 0 Å². The molecule has 0 heterocycles. The second-order valence-electron chi connectivity index (χ2n) is 3.92. The van der Waals surface area contributed by atoms with Crippen molar-refractivity contribution in [3.05, 3.63) is 31.8 Å². The summed E-state index contributed by atoms with van der Waals surface area (Å²) in [6, 6.07) is 6.16. The van der Waals surface area contributed by atoms with Crippen LogP contribution in [-0.2, 0) is 0 Å². The average Bonchev–Trinajstić information content (AvgIpc) is 2.86. The van der Waals surface area contributed by atoms with Gasteiger partial charge in [0.2, 0.25) is 0 Å². The van der Waals surface area contributed by atoms with Gasteiger partial charge in [-0.3, -0.25) is 4.79 Å². The van der Waals surface area contributed by atoms with Crippen LogP contribution in [0.3, 0.4) is 0 Å². The summed E-state index contributed by atoms with van der Waals surface area (Å²) < 4.78 is 1.93. The molecule has 1 aliphatic carbocycles. The van der Waals surface area contributed by atoms with Gasteiger partial charge in [-0.1, -0.05) is 6.92 Å². The van der Waals surface area contributed by atoms with Crippen molar-refractivity contribution in [2.45, 2.75) is 19.4 Å². The van der Waals surface area contributed by atoms with E-state index in [2.05, 4.69) is 50.8 Å². The van der Waals surface area contributed by atoms with Crippen LogP contribution in [0.4, 0.5) is 0 Å². The summed E-state index contributed by atoms with van der Waals surface area (Å²) in [5.41, 5.74) is 0.723. The summed E-state index contributed by atoms with van der Waals surface area (Å²) in [5, 5.41) is 3.02. The lowest BCUT2D eigenvalue weighted by Crippen LogP contribution is -2.26. The van der Waals surface area contributed by atoms with Crippen molar-refractivity contribution in [2.24, 2.45) is 5.92 Å². The molecule has 1 aromatic rings. The van der Waals surface area contributed by atoms with Gasteiger partial charge in [-0.05, 0) is 69.1 Å². The molecule has 1 aliphatic rings. The molecule has 0 spiro atoms. The Kier molecular flexibility index (Phi) is 3.35. The van der Waals surface area contributed by atoms with Gasteiger partial charge in [0.15, 0.2) is 0 Å². The van der Waals surface area contributed by atoms with Gasteiger partial charge in [-0.25, -0.2) is 0 Å². The fourth-order valence-corrected chi connectivity index (χ4v) is 2.36. The van der Waals surface area contributed by atoms with Crippen LogP contribution in [0.2, 0.25) is 0 Å². The van der Waals surface area contributed by atoms with E-state index in [9.17, 15) is 4.79 Å². The fraction of sp³-hybridized carbons (Fsp3) is 0.364. The minimum absolute atomic E-state index is 0.0229. The number of benzene rings is 1. The Labute approximate surface area is 111 Å². The highest BCUT2D eigenvalue weighted by Gasteiger charge is 2.34. The SMILES string of the molecule is CC1CC1NC(=O)c1cc(I)ccc1Br. The summed E-state index contributed by atoms with van der Waals surface area (Å²) >= 11 is 5.60. The molecular formula is C11H11BrINO. The average molecular weight is 380 g/mol. The van der Waals surface area contributed by atoms with Gasteiger partial charge in [-0.2, -0.15) is 0 Å². The molecule has 0 bridgehead atoms. The molecule has 1 fully saturated rings. The Hall–Kier alpha value is -0.100. The second-order valence-corrected chi connectivity index (χ2v) is 6.02. The first-order valence-electron chi connectivity index (χ1n) is 4.84. The van der Waals surface area contributed by atoms with Crippen molar-refractivity contribution in [2.75, 3.05) is 0 Å². The van der Waals surface area contributed by atoms with Crippen LogP contribution < -0.4 is 5.32 Å². The third-order valence-electron chi connectivity index (χ3n) is 2.60. The molecule has 4 heteroatoms. The van der Waals surface area contributed by atoms with Crippen molar-refractivity contribution in [3.8, 4) is 0 Å². The van der Waals surface area contributed by atoms with Crippen molar-refractivity contribution in [1.29, 1.82) is 0 Å². The standard InChI is InChI=1S/C11H11BrINO/c1-6-4-10(6)14-11(15)8-5-7(13)2-3-9(8)12/h2-3,5-6,10H,4H2,1H3,(H,14,15). The highest BCUT2D eigenvalue weighted by molar-refractivity contribution is 14.1. The van der Waals surface area contributed by atoms with E-state index in [1.54, 1.807) is 0 Å². The molecule has 0 aliphatic heterocycles. The van der Waals surface area contributed by atoms with Crippen molar-refractivity contribution in [1.82, 2.24) is 5.32 Å². The highest BCUT2D eigenvalue weighted by Crippen LogP contribution is 2.30. The highest BCUT2D eigenvalue weighted by atomic mass is 127. The first-order valence-corrected chi connectivity index (χ1v) is 6.71. The summed E-state index contributed by atoms with van der Waals surface area (Å²) in [6.45, 7) is 2.15. The quantitative estimate of drug-likeness (QED) is 0.785. The molecule has 1 amide bonds. The van der Waals surface area contributed by atoms with Gasteiger partial charge in [0.05, 0.1) is 5.56 Å². The second kappa shape index (κ2) is 4.41. The number of amides is 1. The third kappa shape index (κ3) is 2.72. The molecule has 0 aromatic heterocycles. The van der Waals surface area contributed by atoms with E-state index >= 15 is 0 Å². The molecule has 0 radical (unpaired) electrons. The number of halogens is 2. The predicted molar refractivity (Wildman–Crippen MR) is 71.9 cm³/mol. The molecule has 2 unspecified atom stereocenters. The number of carbonyl (C=O) groups is 1. The van der Waals surface area contributed by atoms with E-state index in [0.29, 0.717) is 12.0 Å². The monoisotopic (exact) mass is 379 g/mol. The lowest BCUT2D eigenvalue weighted by Gasteiger charge is -2.06. The Morgan fingerprint density at radius 1 is 1.60 bits per heavy atom. The number of hydrogen-bond acceptors (Lipinski definition) is 1. The number of nitrogens with one attached hydrogen (secondary N) is 1. The van der Waals surface area contributed by atoms with Gasteiger partial charge < -0.3 is 5.32 Å². The first-order chi connectivity index (χ1) is 7.08. The molecule has 1 N–H and O–H groups in total.